The van der Waals surface area contributed by atoms with Crippen LogP contribution in [0.4, 0.5) is 0 Å². The number of aryl methyl sites for hydroxylation is 1. The van der Waals surface area contributed by atoms with Crippen LogP contribution in [0.2, 0.25) is 0 Å². The predicted molar refractivity (Wildman–Crippen MR) is 111 cm³/mol. The van der Waals surface area contributed by atoms with E-state index in [1.807, 2.05) is 24.3 Å². The first-order valence-corrected chi connectivity index (χ1v) is 10.2. The Labute approximate surface area is 166 Å². The number of hydrogen-bond acceptors (Lipinski definition) is 4. The summed E-state index contributed by atoms with van der Waals surface area (Å²) in [6.07, 6.45) is 6.78. The number of likely N-dealkylation sites (tertiary alicyclic amines) is 1. The number of nitrogens with one attached hydrogen (secondary N) is 1. The molecule has 2 heterocycles. The van der Waals surface area contributed by atoms with Crippen molar-refractivity contribution in [2.45, 2.75) is 44.8 Å². The van der Waals surface area contributed by atoms with Crippen molar-refractivity contribution in [1.82, 2.24) is 15.1 Å². The van der Waals surface area contributed by atoms with Crippen molar-refractivity contribution >= 4 is 10.9 Å². The number of para-hydroxylation sites is 1. The summed E-state index contributed by atoms with van der Waals surface area (Å²) in [5.74, 6) is 1.53. The van der Waals surface area contributed by atoms with Gasteiger partial charge in [-0.1, -0.05) is 30.7 Å². The number of rotatable bonds is 8. The van der Waals surface area contributed by atoms with Crippen molar-refractivity contribution < 1.29 is 9.47 Å². The predicted octanol–water partition coefficient (Wildman–Crippen LogP) is 4.59. The smallest absolute Gasteiger partial charge is 0.163 e. The number of nitrogens with zero attached hydrogens (tertiary/aromatic N) is 2. The van der Waals surface area contributed by atoms with Crippen LogP contribution >= 0.6 is 0 Å². The Morgan fingerprint density at radius 3 is 2.86 bits per heavy atom. The summed E-state index contributed by atoms with van der Waals surface area (Å²) in [5.41, 5.74) is 2.24. The number of fused-ring (bicyclic) bond motifs is 1. The second-order valence-corrected chi connectivity index (χ2v) is 7.35. The molecule has 5 nitrogen and oxygen atoms in total. The van der Waals surface area contributed by atoms with Crippen LogP contribution in [0.3, 0.4) is 0 Å². The van der Waals surface area contributed by atoms with Crippen LogP contribution in [0.25, 0.3) is 10.9 Å². The van der Waals surface area contributed by atoms with Crippen LogP contribution in [0, 0.1) is 6.07 Å². The average Bonchev–Trinajstić information content (AvgIpc) is 3.17. The minimum atomic E-state index is 0.0572. The van der Waals surface area contributed by atoms with Gasteiger partial charge in [0.05, 0.1) is 18.3 Å². The molecule has 3 aromatic rings. The summed E-state index contributed by atoms with van der Waals surface area (Å²) in [7, 11) is 1.68. The zero-order valence-electron chi connectivity index (χ0n) is 16.5. The van der Waals surface area contributed by atoms with Gasteiger partial charge in [0, 0.05) is 18.5 Å². The third-order valence-corrected chi connectivity index (χ3v) is 5.48. The Balaban J connectivity index is 1.44. The molecule has 4 rings (SSSR count). The molecule has 2 aromatic carbocycles. The zero-order valence-corrected chi connectivity index (χ0v) is 16.5. The first-order chi connectivity index (χ1) is 13.8. The van der Waals surface area contributed by atoms with E-state index in [2.05, 4.69) is 39.4 Å². The highest BCUT2D eigenvalue weighted by Crippen LogP contribution is 2.29. The van der Waals surface area contributed by atoms with Gasteiger partial charge in [0.2, 0.25) is 0 Å². The van der Waals surface area contributed by atoms with Crippen LogP contribution in [-0.2, 0) is 6.42 Å². The second-order valence-electron chi connectivity index (χ2n) is 7.35. The monoisotopic (exact) mass is 378 g/mol. The number of methoxy groups -OCH3 is 1. The van der Waals surface area contributed by atoms with E-state index in [-0.39, 0.29) is 6.23 Å². The van der Waals surface area contributed by atoms with Crippen molar-refractivity contribution in [2.75, 3.05) is 20.2 Å². The Hall–Kier alpha value is -2.53. The molecule has 1 unspecified atom stereocenters. The van der Waals surface area contributed by atoms with Gasteiger partial charge in [-0.3, -0.25) is 10.00 Å². The number of hydrogen-bond donors (Lipinski definition) is 1. The van der Waals surface area contributed by atoms with Crippen LogP contribution in [0.15, 0.2) is 42.5 Å². The number of H-pyrrole nitrogens is 1. The molecule has 0 saturated carbocycles. The molecule has 0 amide bonds. The lowest BCUT2D eigenvalue weighted by Gasteiger charge is -2.34. The van der Waals surface area contributed by atoms with E-state index < -0.39 is 0 Å². The minimum Gasteiger partial charge on any atom is -0.493 e. The summed E-state index contributed by atoms with van der Waals surface area (Å²) in [5, 5.41) is 8.87. The van der Waals surface area contributed by atoms with E-state index in [0.717, 1.165) is 55.1 Å². The largest absolute Gasteiger partial charge is 0.493 e. The minimum absolute atomic E-state index is 0.0572. The lowest BCUT2D eigenvalue weighted by atomic mass is 10.1. The number of aromatic amines is 1. The van der Waals surface area contributed by atoms with E-state index >= 15 is 0 Å². The summed E-state index contributed by atoms with van der Waals surface area (Å²) in [6.45, 7) is 2.19. The molecule has 0 aliphatic carbocycles. The lowest BCUT2D eigenvalue weighted by molar-refractivity contribution is 0.00364. The Morgan fingerprint density at radius 2 is 2.00 bits per heavy atom. The summed E-state index contributed by atoms with van der Waals surface area (Å²) in [4.78, 5) is 2.47. The van der Waals surface area contributed by atoms with Crippen LogP contribution in [-0.4, -0.2) is 41.5 Å². The molecule has 1 aliphatic heterocycles. The topological polar surface area (TPSA) is 50.4 Å². The van der Waals surface area contributed by atoms with Gasteiger partial charge >= 0.3 is 0 Å². The fraction of sp³-hybridized carbons (Fsp3) is 0.435. The molecule has 1 aliphatic rings. The van der Waals surface area contributed by atoms with Crippen molar-refractivity contribution in [3.63, 3.8) is 0 Å². The maximum Gasteiger partial charge on any atom is 0.163 e. The van der Waals surface area contributed by atoms with Gasteiger partial charge in [-0.2, -0.15) is 5.10 Å². The molecular weight excluding hydrogens is 350 g/mol. The molecule has 1 aromatic heterocycles. The van der Waals surface area contributed by atoms with E-state index in [0.29, 0.717) is 0 Å². The van der Waals surface area contributed by atoms with Crippen LogP contribution in [0.1, 0.15) is 37.8 Å². The average molecular weight is 378 g/mol. The quantitative estimate of drug-likeness (QED) is 0.623. The van der Waals surface area contributed by atoms with E-state index in [9.17, 15) is 0 Å². The van der Waals surface area contributed by atoms with Gasteiger partial charge in [-0.25, -0.2) is 0 Å². The van der Waals surface area contributed by atoms with Crippen molar-refractivity contribution in [1.29, 1.82) is 0 Å². The first kappa shape index (κ1) is 18.8. The van der Waals surface area contributed by atoms with Crippen molar-refractivity contribution in [2.24, 2.45) is 0 Å². The molecule has 147 valence electrons. The van der Waals surface area contributed by atoms with Gasteiger partial charge in [-0.05, 0) is 56.4 Å². The molecule has 28 heavy (non-hydrogen) atoms. The molecule has 5 heteroatoms. The van der Waals surface area contributed by atoms with Crippen LogP contribution < -0.4 is 9.47 Å². The van der Waals surface area contributed by atoms with Gasteiger partial charge < -0.3 is 9.47 Å². The van der Waals surface area contributed by atoms with E-state index in [1.165, 1.54) is 24.6 Å². The first-order valence-electron chi connectivity index (χ1n) is 10.2. The van der Waals surface area contributed by atoms with Gasteiger partial charge in [0.25, 0.3) is 0 Å². The number of piperidine rings is 1. The lowest BCUT2D eigenvalue weighted by Crippen LogP contribution is -2.42. The molecule has 0 spiro atoms. The maximum absolute atomic E-state index is 6.44. The fourth-order valence-corrected chi connectivity index (χ4v) is 3.98. The molecule has 1 N–H and O–H groups in total. The normalized spacial score (nSPS) is 16.2. The third-order valence-electron chi connectivity index (χ3n) is 5.48. The standard InChI is InChI=1S/C23H28N3O2/c1-27-21-13-5-6-14-22(21)28-23(26-16-7-2-8-17-26)15-9-12-20-18-10-3-4-11-19(18)24-25-20/h3-4,6,10-11,13-14,23H,2,7-9,12,15-17H2,1H3,(H,24,25). The third kappa shape index (κ3) is 4.30. The zero-order chi connectivity index (χ0) is 19.2. The maximum atomic E-state index is 6.44. The SMILES string of the molecule is COc1c[c]ccc1OC(CCCc1n[nH]c2ccccc12)N1CCCCC1. The van der Waals surface area contributed by atoms with Gasteiger partial charge in [0.15, 0.2) is 17.7 Å². The molecule has 1 radical (unpaired) electrons. The Bertz CT molecular complexity index is 886. The highest BCUT2D eigenvalue weighted by atomic mass is 16.5. The summed E-state index contributed by atoms with van der Waals surface area (Å²) >= 11 is 0. The number of ether oxygens (including phenoxy) is 2. The van der Waals surface area contributed by atoms with Crippen molar-refractivity contribution in [3.8, 4) is 11.5 Å². The number of aromatic nitrogens is 2. The molecule has 1 fully saturated rings. The Kier molecular flexibility index (Phi) is 6.12. The summed E-state index contributed by atoms with van der Waals surface area (Å²) < 4.78 is 11.9. The summed E-state index contributed by atoms with van der Waals surface area (Å²) in [6, 6.07) is 17.0. The highest BCUT2D eigenvalue weighted by molar-refractivity contribution is 5.81. The van der Waals surface area contributed by atoms with Crippen molar-refractivity contribution in [3.05, 3.63) is 54.2 Å². The molecule has 0 bridgehead atoms. The van der Waals surface area contributed by atoms with Crippen LogP contribution in [0.5, 0.6) is 11.5 Å². The molecule has 1 saturated heterocycles. The number of benzene rings is 2. The van der Waals surface area contributed by atoms with Gasteiger partial charge in [-0.15, -0.1) is 0 Å². The Morgan fingerprint density at radius 1 is 1.14 bits per heavy atom. The molecule has 1 atom stereocenters. The van der Waals surface area contributed by atoms with E-state index in [1.54, 1.807) is 7.11 Å². The van der Waals surface area contributed by atoms with E-state index in [4.69, 9.17) is 9.47 Å². The molecular formula is C23H28N3O2. The second kappa shape index (κ2) is 9.11. The fourth-order valence-electron chi connectivity index (χ4n) is 3.98. The highest BCUT2D eigenvalue weighted by Gasteiger charge is 2.23. The van der Waals surface area contributed by atoms with Gasteiger partial charge in [0.1, 0.15) is 0 Å².